The molecule has 0 aliphatic carbocycles. The van der Waals surface area contributed by atoms with Gasteiger partial charge in [0.25, 0.3) is 5.91 Å². The van der Waals surface area contributed by atoms with E-state index in [-0.39, 0.29) is 35.4 Å². The molecule has 2 aromatic heterocycles. The number of hydrogen-bond donors (Lipinski definition) is 1. The van der Waals surface area contributed by atoms with Crippen LogP contribution >= 0.6 is 0 Å². The summed E-state index contributed by atoms with van der Waals surface area (Å²) in [5.41, 5.74) is -1.38. The molecule has 184 valence electrons. The van der Waals surface area contributed by atoms with E-state index in [9.17, 15) is 26.7 Å². The van der Waals surface area contributed by atoms with Gasteiger partial charge in [-0.05, 0) is 37.0 Å². The Morgan fingerprint density at radius 3 is 2.46 bits per heavy atom. The number of rotatable bonds is 5. The van der Waals surface area contributed by atoms with Crippen LogP contribution in [-0.2, 0) is 6.18 Å². The van der Waals surface area contributed by atoms with Crippen molar-refractivity contribution < 1.29 is 26.7 Å². The molecule has 4 rings (SSSR count). The van der Waals surface area contributed by atoms with Crippen molar-refractivity contribution in [2.45, 2.75) is 32.0 Å². The van der Waals surface area contributed by atoms with Crippen LogP contribution in [0.3, 0.4) is 0 Å². The average Bonchev–Trinajstić information content (AvgIpc) is 2.84. The van der Waals surface area contributed by atoms with Gasteiger partial charge in [-0.25, -0.2) is 28.7 Å². The maximum absolute atomic E-state index is 14.8. The van der Waals surface area contributed by atoms with E-state index in [0.29, 0.717) is 25.4 Å². The number of likely N-dealkylation sites (tertiary alicyclic amines) is 1. The first-order valence-electron chi connectivity index (χ1n) is 10.9. The van der Waals surface area contributed by atoms with Gasteiger partial charge in [-0.1, -0.05) is 6.92 Å². The largest absolute Gasteiger partial charge is 0.419 e. The normalized spacial score (nSPS) is 18.4. The van der Waals surface area contributed by atoms with Crippen LogP contribution in [0.5, 0.6) is 0 Å². The van der Waals surface area contributed by atoms with Gasteiger partial charge in [-0.2, -0.15) is 13.2 Å². The van der Waals surface area contributed by atoms with Crippen LogP contribution in [-0.4, -0.2) is 49.9 Å². The molecule has 0 saturated carbocycles. The lowest BCUT2D eigenvalue weighted by Crippen LogP contribution is -2.51. The quantitative estimate of drug-likeness (QED) is 0.525. The van der Waals surface area contributed by atoms with Gasteiger partial charge >= 0.3 is 6.18 Å². The minimum Gasteiger partial charge on any atom is -0.352 e. The van der Waals surface area contributed by atoms with E-state index in [0.717, 1.165) is 12.5 Å². The molecule has 1 aliphatic heterocycles. The van der Waals surface area contributed by atoms with Crippen molar-refractivity contribution in [3.05, 3.63) is 65.7 Å². The number of aromatic nitrogens is 4. The molecule has 1 aliphatic rings. The molecule has 1 amide bonds. The van der Waals surface area contributed by atoms with Crippen LogP contribution in [0.1, 0.15) is 35.7 Å². The number of carbonyl (C=O) groups excluding carboxylic acids is 1. The summed E-state index contributed by atoms with van der Waals surface area (Å²) in [6.07, 6.45) is 1.02. The first-order valence-corrected chi connectivity index (χ1v) is 10.9. The topological polar surface area (TPSA) is 83.9 Å². The van der Waals surface area contributed by atoms with Gasteiger partial charge < -0.3 is 10.2 Å². The smallest absolute Gasteiger partial charge is 0.352 e. The highest BCUT2D eigenvalue weighted by Gasteiger charge is 2.35. The fourth-order valence-corrected chi connectivity index (χ4v) is 4.10. The molecule has 35 heavy (non-hydrogen) atoms. The van der Waals surface area contributed by atoms with E-state index in [4.69, 9.17) is 0 Å². The van der Waals surface area contributed by atoms with Crippen molar-refractivity contribution in [3.63, 3.8) is 0 Å². The molecule has 1 unspecified atom stereocenters. The second-order valence-corrected chi connectivity index (χ2v) is 8.22. The first kappa shape index (κ1) is 24.4. The summed E-state index contributed by atoms with van der Waals surface area (Å²) in [7, 11) is 0. The van der Waals surface area contributed by atoms with Gasteiger partial charge in [0.1, 0.15) is 0 Å². The molecule has 0 radical (unpaired) electrons. The molecule has 3 aromatic rings. The van der Waals surface area contributed by atoms with E-state index < -0.39 is 35.3 Å². The fourth-order valence-electron chi connectivity index (χ4n) is 4.10. The molecule has 0 bridgehead atoms. The van der Waals surface area contributed by atoms with E-state index in [1.165, 1.54) is 24.5 Å². The third-order valence-corrected chi connectivity index (χ3v) is 5.94. The molecule has 1 N–H and O–H groups in total. The highest BCUT2D eigenvalue weighted by atomic mass is 19.4. The van der Waals surface area contributed by atoms with Crippen molar-refractivity contribution in [1.29, 1.82) is 0 Å². The summed E-state index contributed by atoms with van der Waals surface area (Å²) in [5.74, 6) is -3.01. The summed E-state index contributed by atoms with van der Waals surface area (Å²) in [6, 6.07) is 3.19. The van der Waals surface area contributed by atoms with E-state index in [2.05, 4.69) is 25.3 Å². The van der Waals surface area contributed by atoms with Gasteiger partial charge in [0.05, 0.1) is 22.7 Å². The maximum atomic E-state index is 14.8. The summed E-state index contributed by atoms with van der Waals surface area (Å²) in [5, 5.41) is 2.88. The van der Waals surface area contributed by atoms with Crippen molar-refractivity contribution in [2.24, 2.45) is 5.92 Å². The molecule has 0 spiro atoms. The highest BCUT2D eigenvalue weighted by Crippen LogP contribution is 2.31. The van der Waals surface area contributed by atoms with E-state index >= 15 is 0 Å². The van der Waals surface area contributed by atoms with Crippen molar-refractivity contribution >= 4 is 11.9 Å². The number of carbonyl (C=O) groups is 1. The summed E-state index contributed by atoms with van der Waals surface area (Å²) in [6.45, 7) is 2.45. The van der Waals surface area contributed by atoms with E-state index in [1.807, 2.05) is 6.92 Å². The van der Waals surface area contributed by atoms with Crippen molar-refractivity contribution in [3.8, 4) is 11.4 Å². The van der Waals surface area contributed by atoms with Gasteiger partial charge in [0.15, 0.2) is 17.5 Å². The molecule has 7 nitrogen and oxygen atoms in total. The van der Waals surface area contributed by atoms with Crippen molar-refractivity contribution in [1.82, 2.24) is 24.8 Å². The predicted molar refractivity (Wildman–Crippen MR) is 116 cm³/mol. The Labute approximate surface area is 197 Å². The molecule has 1 aromatic carbocycles. The minimum absolute atomic E-state index is 0.0105. The van der Waals surface area contributed by atoms with Gasteiger partial charge in [0.2, 0.25) is 5.95 Å². The van der Waals surface area contributed by atoms with Gasteiger partial charge in [0, 0.05) is 37.9 Å². The predicted octanol–water partition coefficient (Wildman–Crippen LogP) is 4.58. The number of anilines is 1. The Kier molecular flexibility index (Phi) is 6.90. The number of benzene rings is 1. The second kappa shape index (κ2) is 9.88. The third-order valence-electron chi connectivity index (χ3n) is 5.94. The number of piperidine rings is 1. The minimum atomic E-state index is -4.55. The number of halogens is 5. The molecular weight excluding hydrogens is 471 g/mol. The maximum Gasteiger partial charge on any atom is 0.419 e. The lowest BCUT2D eigenvalue weighted by molar-refractivity contribution is -0.138. The summed E-state index contributed by atoms with van der Waals surface area (Å²) >= 11 is 0. The van der Waals surface area contributed by atoms with E-state index in [1.54, 1.807) is 4.90 Å². The van der Waals surface area contributed by atoms with Crippen LogP contribution < -0.4 is 5.32 Å². The molecule has 1 saturated heterocycles. The molecule has 3 heterocycles. The third kappa shape index (κ3) is 5.20. The highest BCUT2D eigenvalue weighted by molar-refractivity contribution is 6.00. The number of amides is 1. The van der Waals surface area contributed by atoms with Gasteiger partial charge in [-0.3, -0.25) is 4.79 Å². The van der Waals surface area contributed by atoms with Crippen LogP contribution in [0.4, 0.5) is 27.9 Å². The molecule has 1 fully saturated rings. The summed E-state index contributed by atoms with van der Waals surface area (Å²) in [4.78, 5) is 30.5. The first-order chi connectivity index (χ1) is 16.7. The Morgan fingerprint density at radius 2 is 1.80 bits per heavy atom. The Balaban J connectivity index is 1.60. The zero-order valence-corrected chi connectivity index (χ0v) is 18.6. The van der Waals surface area contributed by atoms with Crippen LogP contribution in [0.15, 0.2) is 43.0 Å². The Bertz CT molecular complexity index is 1190. The zero-order valence-electron chi connectivity index (χ0n) is 18.6. The average molecular weight is 492 g/mol. The lowest BCUT2D eigenvalue weighted by atomic mass is 9.89. The van der Waals surface area contributed by atoms with Gasteiger partial charge in [-0.15, -0.1) is 0 Å². The second-order valence-electron chi connectivity index (χ2n) is 8.22. The lowest BCUT2D eigenvalue weighted by Gasteiger charge is -2.40. The van der Waals surface area contributed by atoms with Crippen LogP contribution in [0, 0.1) is 17.6 Å². The zero-order chi connectivity index (χ0) is 25.2. The summed E-state index contributed by atoms with van der Waals surface area (Å²) < 4.78 is 67.1. The number of nitrogens with one attached hydrogen (secondary N) is 1. The molecule has 2 atom stereocenters. The standard InChI is InChI=1S/C23H21F5N6O/c1-13-4-2-9-34(17(13)12-33-22-31-10-14(11-32-22)23(26,27)28)21(35)15-5-6-16(24)19(25)18(15)20-29-7-3-8-30-20/h3,5-8,10-11,13,17H,2,4,9,12H2,1H3,(H,31,32,33)/t13-,17?/m1/s1. The SMILES string of the molecule is C[C@@H]1CCCN(C(=O)c2ccc(F)c(F)c2-c2ncccn2)C1CNc1ncc(C(F)(F)F)cn1. The fraction of sp³-hybridized carbons (Fsp3) is 0.348. The molecular formula is C23H21F5N6O. The monoisotopic (exact) mass is 492 g/mol. The number of nitrogens with zero attached hydrogens (tertiary/aromatic N) is 5. The Hall–Kier alpha value is -3.70. The molecule has 12 heteroatoms. The van der Waals surface area contributed by atoms with Crippen LogP contribution in [0.25, 0.3) is 11.4 Å². The van der Waals surface area contributed by atoms with Crippen LogP contribution in [0.2, 0.25) is 0 Å². The number of alkyl halides is 3. The number of hydrogen-bond acceptors (Lipinski definition) is 6. The van der Waals surface area contributed by atoms with Crippen molar-refractivity contribution in [2.75, 3.05) is 18.4 Å². The Morgan fingerprint density at radius 1 is 1.11 bits per heavy atom.